The highest BCUT2D eigenvalue weighted by Crippen LogP contribution is 2.52. The van der Waals surface area contributed by atoms with Gasteiger partial charge in [-0.05, 0) is 0 Å². The van der Waals surface area contributed by atoms with Gasteiger partial charge < -0.3 is 10.7 Å². The molecule has 6 aromatic rings. The van der Waals surface area contributed by atoms with Crippen LogP contribution in [0, 0.1) is 0 Å². The van der Waals surface area contributed by atoms with Gasteiger partial charge in [0.15, 0.2) is 23.3 Å². The number of amidine groups is 4. The molecule has 2 aromatic heterocycles. The van der Waals surface area contributed by atoms with E-state index in [0.717, 1.165) is 43.8 Å². The minimum absolute atomic E-state index is 0.0662. The molecule has 50 heavy (non-hydrogen) atoms. The summed E-state index contributed by atoms with van der Waals surface area (Å²) in [6.07, 6.45) is 3.53. The van der Waals surface area contributed by atoms with Crippen LogP contribution in [0.15, 0.2) is 139 Å². The average molecular weight is 689 g/mol. The number of aromatic nitrogens is 2. The predicted molar refractivity (Wildman–Crippen MR) is 191 cm³/mol. The van der Waals surface area contributed by atoms with Crippen LogP contribution in [0.3, 0.4) is 0 Å². The van der Waals surface area contributed by atoms with Gasteiger partial charge in [0.1, 0.15) is 22.6 Å². The van der Waals surface area contributed by atoms with E-state index in [-0.39, 0.29) is 13.2 Å². The van der Waals surface area contributed by atoms with E-state index >= 15 is 0 Å². The average Bonchev–Trinajstić information content (AvgIpc) is 3.80. The lowest BCUT2D eigenvalue weighted by Crippen LogP contribution is -2.48. The largest absolute Gasteiger partial charge is 0.818 e. The predicted octanol–water partition coefficient (Wildman–Crippen LogP) is 5.65. The van der Waals surface area contributed by atoms with Gasteiger partial charge in [-0.2, -0.15) is 0 Å². The summed E-state index contributed by atoms with van der Waals surface area (Å²) in [5.74, 6) is 3.09. The summed E-state index contributed by atoms with van der Waals surface area (Å²) >= 11 is -3.42. The molecule has 0 radical (unpaired) electrons. The molecule has 0 atom stereocenters. The second-order valence-electron chi connectivity index (χ2n) is 12.1. The number of fused-ring (bicyclic) bond motifs is 14. The zero-order chi connectivity index (χ0) is 33.0. The maximum Gasteiger partial charge on any atom is 0.818 e. The molecule has 0 fully saturated rings. The summed E-state index contributed by atoms with van der Waals surface area (Å²) < 4.78 is 37.0. The number of hydrogen-bond acceptors (Lipinski definition) is 10. The van der Waals surface area contributed by atoms with Crippen molar-refractivity contribution in [2.45, 2.75) is 0 Å². The highest BCUT2D eigenvalue weighted by atomic mass is 31.2. The van der Waals surface area contributed by atoms with Crippen molar-refractivity contribution in [3.05, 3.63) is 142 Å². The first-order valence-electron chi connectivity index (χ1n) is 16.1. The van der Waals surface area contributed by atoms with Crippen LogP contribution in [0.25, 0.3) is 21.5 Å². The van der Waals surface area contributed by atoms with Crippen molar-refractivity contribution in [3.63, 3.8) is 0 Å². The van der Waals surface area contributed by atoms with Crippen LogP contribution in [-0.4, -0.2) is 58.6 Å². The molecule has 6 bridgehead atoms. The maximum absolute atomic E-state index is 14.6. The highest BCUT2D eigenvalue weighted by molar-refractivity contribution is 7.49. The molecule has 7 heterocycles. The Morgan fingerprint density at radius 1 is 0.520 bits per heavy atom. The Morgan fingerprint density at radius 2 is 0.920 bits per heavy atom. The van der Waals surface area contributed by atoms with E-state index < -0.39 is 22.7 Å². The Kier molecular flexibility index (Phi) is 6.01. The van der Waals surface area contributed by atoms with Gasteiger partial charge in [0.05, 0.1) is 13.2 Å². The van der Waals surface area contributed by atoms with E-state index in [1.165, 1.54) is 0 Å². The maximum atomic E-state index is 14.6. The first kappa shape index (κ1) is 28.5. The van der Waals surface area contributed by atoms with Crippen molar-refractivity contribution in [1.29, 1.82) is 0 Å². The van der Waals surface area contributed by atoms with Crippen molar-refractivity contribution in [3.8, 4) is 0 Å². The fraction of sp³-hybridized carbons (Fsp3) is 0.0556. The van der Waals surface area contributed by atoms with Gasteiger partial charge in [0.2, 0.25) is 0 Å². The highest BCUT2D eigenvalue weighted by Gasteiger charge is 2.48. The molecule has 0 unspecified atom stereocenters. The molecular formula is C36H22AlN8O4P. The van der Waals surface area contributed by atoms with Gasteiger partial charge in [0, 0.05) is 43.8 Å². The molecular weight excluding hydrogens is 666 g/mol. The molecule has 5 aliphatic heterocycles. The molecule has 5 aliphatic rings. The third kappa shape index (κ3) is 4.07. The molecule has 0 aliphatic carbocycles. The fourth-order valence-electron chi connectivity index (χ4n) is 7.10. The van der Waals surface area contributed by atoms with Gasteiger partial charge in [-0.15, -0.1) is 0 Å². The van der Waals surface area contributed by atoms with Crippen LogP contribution in [0.5, 0.6) is 0 Å². The second kappa shape index (κ2) is 10.6. The normalized spacial score (nSPS) is 17.9. The van der Waals surface area contributed by atoms with Gasteiger partial charge in [-0.3, -0.25) is 9.05 Å². The van der Waals surface area contributed by atoms with Crippen LogP contribution in [0.1, 0.15) is 22.3 Å². The van der Waals surface area contributed by atoms with Gasteiger partial charge >= 0.3 is 22.7 Å². The topological polar surface area (TPSA) is 129 Å². The number of nitrogens with zero attached hydrogens (tertiary/aromatic N) is 8. The van der Waals surface area contributed by atoms with E-state index in [0.29, 0.717) is 46.0 Å². The molecule has 14 heteroatoms. The van der Waals surface area contributed by atoms with Gasteiger partial charge in [-0.25, -0.2) is 34.5 Å². The van der Waals surface area contributed by atoms with Crippen LogP contribution in [0.4, 0.5) is 11.6 Å². The molecule has 0 N–H and O–H groups in total. The van der Waals surface area contributed by atoms with E-state index in [4.69, 9.17) is 42.6 Å². The van der Waals surface area contributed by atoms with Crippen molar-refractivity contribution in [1.82, 2.24) is 7.10 Å². The Balaban J connectivity index is 1.39. The number of aliphatic imine (C=N–C) groups is 4. The first-order valence-corrected chi connectivity index (χ1v) is 19.1. The molecule has 238 valence electrons. The second-order valence-corrected chi connectivity index (χ2v) is 16.1. The van der Waals surface area contributed by atoms with Crippen LogP contribution >= 0.6 is 7.82 Å². The summed E-state index contributed by atoms with van der Waals surface area (Å²) in [5, 5.41) is 3.25. The fourth-order valence-corrected chi connectivity index (χ4v) is 11.7. The minimum atomic E-state index is -4.16. The standard InChI is InChI=1S/C32H16N8.C4H7O4P.Al/c1-2-10-18-17(9-1)25-33-26(18)38-28-21-13-5-6-14-22(21)30(35-28)40-32-24-16-8-7-15-23(24)31(36-32)39-29-20-12-4-3-11-19(20)27(34-29)37-25;5-9(6)7-3-1-2-4-8-9;/h1-16H;1-2H,3-4H2,(H,5,6);/q-2;;+3/p-1. The number of phosphoric ester groups is 1. The molecule has 0 amide bonds. The Morgan fingerprint density at radius 3 is 1.38 bits per heavy atom. The van der Waals surface area contributed by atoms with E-state index in [9.17, 15) is 4.57 Å². The lowest BCUT2D eigenvalue weighted by molar-refractivity contribution is 0.185. The quantitative estimate of drug-likeness (QED) is 0.132. The van der Waals surface area contributed by atoms with E-state index in [1.54, 1.807) is 12.2 Å². The zero-order valence-corrected chi connectivity index (χ0v) is 28.1. The Bertz CT molecular complexity index is 2690. The molecule has 0 saturated carbocycles. The molecule has 4 aromatic carbocycles. The zero-order valence-electron chi connectivity index (χ0n) is 26.0. The Labute approximate surface area is 288 Å². The Hall–Kier alpha value is -5.38. The lowest BCUT2D eigenvalue weighted by atomic mass is 10.1. The van der Waals surface area contributed by atoms with E-state index in [2.05, 4.69) is 0 Å². The SMILES string of the molecule is O=P1([O][Al]2[n]3c4c5ccccc5c3N=C3N=C(N=c5c6ccccc6c([n]52)=NC2=NC(=N4)c4ccccc42)c2ccccc23)OCC=CCO1. The number of rotatable bonds is 2. The summed E-state index contributed by atoms with van der Waals surface area (Å²) in [4.78, 5) is 31.2. The summed E-state index contributed by atoms with van der Waals surface area (Å²) in [6.45, 7) is 0.132. The number of phosphoric acid groups is 1. The van der Waals surface area contributed by atoms with Crippen molar-refractivity contribution in [2.75, 3.05) is 13.2 Å². The van der Waals surface area contributed by atoms with Crippen LogP contribution < -0.4 is 11.0 Å². The monoisotopic (exact) mass is 688 g/mol. The third-order valence-electron chi connectivity index (χ3n) is 9.31. The summed E-state index contributed by atoms with van der Waals surface area (Å²) in [6, 6.07) is 31.7. The number of benzene rings is 4. The van der Waals surface area contributed by atoms with Crippen LogP contribution in [0.2, 0.25) is 0 Å². The third-order valence-corrected chi connectivity index (χ3v) is 13.9. The van der Waals surface area contributed by atoms with Crippen molar-refractivity contribution >= 4 is 79.3 Å². The molecule has 12 nitrogen and oxygen atoms in total. The molecule has 0 saturated heterocycles. The smallest absolute Gasteiger partial charge is 0.373 e. The lowest BCUT2D eigenvalue weighted by Gasteiger charge is -2.23. The number of hydrogen-bond donors (Lipinski definition) is 0. The summed E-state index contributed by atoms with van der Waals surface area (Å²) in [7, 11) is -4.16. The van der Waals surface area contributed by atoms with Gasteiger partial charge in [0.25, 0.3) is 0 Å². The van der Waals surface area contributed by atoms with E-state index in [1.807, 2.05) is 104 Å². The molecule has 11 rings (SSSR count). The van der Waals surface area contributed by atoms with Crippen molar-refractivity contribution < 1.29 is 17.2 Å². The first-order chi connectivity index (χ1) is 24.6. The van der Waals surface area contributed by atoms with Gasteiger partial charge in [-0.1, -0.05) is 109 Å². The summed E-state index contributed by atoms with van der Waals surface area (Å²) in [5.41, 5.74) is 4.48. The minimum Gasteiger partial charge on any atom is -0.373 e. The van der Waals surface area contributed by atoms with Crippen molar-refractivity contribution in [2.24, 2.45) is 30.0 Å². The van der Waals surface area contributed by atoms with Crippen LogP contribution in [-0.2, 0) is 17.2 Å². The molecule has 0 spiro atoms.